The number of alkyl halides is 6. The van der Waals surface area contributed by atoms with E-state index in [9.17, 15) is 26.3 Å². The molecule has 0 radical (unpaired) electrons. The summed E-state index contributed by atoms with van der Waals surface area (Å²) in [5.41, 5.74) is 0. The zero-order chi connectivity index (χ0) is 10.7. The van der Waals surface area contributed by atoms with Crippen molar-refractivity contribution in [1.82, 2.24) is 0 Å². The molecule has 0 bridgehead atoms. The number of hydrogen-bond acceptors (Lipinski definition) is 1. The van der Waals surface area contributed by atoms with Gasteiger partial charge in [0, 0.05) is 0 Å². The third kappa shape index (κ3) is 6.68. The summed E-state index contributed by atoms with van der Waals surface area (Å²) in [5.74, 6) is 0. The Bertz CT molecular complexity index is 148. The summed E-state index contributed by atoms with van der Waals surface area (Å²) in [5, 5.41) is 0. The van der Waals surface area contributed by atoms with Gasteiger partial charge in [0.25, 0.3) is 0 Å². The first kappa shape index (κ1) is 12.5. The van der Waals surface area contributed by atoms with E-state index in [0.717, 1.165) is 0 Å². The molecule has 1 unspecified atom stereocenters. The fourth-order valence-corrected chi connectivity index (χ4v) is 0.446. The van der Waals surface area contributed by atoms with E-state index in [4.69, 9.17) is 0 Å². The first-order valence-corrected chi connectivity index (χ1v) is 3.38. The van der Waals surface area contributed by atoms with Crippen molar-refractivity contribution < 1.29 is 31.1 Å². The van der Waals surface area contributed by atoms with Crippen LogP contribution >= 0.6 is 0 Å². The summed E-state index contributed by atoms with van der Waals surface area (Å²) in [6.07, 6.45) is -12.6. The zero-order valence-electron chi connectivity index (χ0n) is 6.67. The molecule has 7 heteroatoms. The van der Waals surface area contributed by atoms with Crippen LogP contribution in [0.25, 0.3) is 0 Å². The second-order valence-electron chi connectivity index (χ2n) is 2.42. The zero-order valence-corrected chi connectivity index (χ0v) is 6.67. The van der Waals surface area contributed by atoms with Crippen molar-refractivity contribution in [2.24, 2.45) is 0 Å². The minimum Gasteiger partial charge on any atom is -0.369 e. The van der Waals surface area contributed by atoms with Crippen molar-refractivity contribution in [3.8, 4) is 0 Å². The van der Waals surface area contributed by atoms with Gasteiger partial charge in [-0.15, -0.1) is 0 Å². The molecule has 0 amide bonds. The molecule has 0 aromatic heterocycles. The van der Waals surface area contributed by atoms with Crippen LogP contribution in [-0.2, 0) is 4.74 Å². The average Bonchev–Trinajstić information content (AvgIpc) is 1.82. The molecule has 0 aliphatic carbocycles. The molecule has 0 saturated carbocycles. The summed E-state index contributed by atoms with van der Waals surface area (Å²) in [6.45, 7) is -0.305. The summed E-state index contributed by atoms with van der Waals surface area (Å²) in [6, 6.07) is 0. The number of rotatable bonds is 3. The lowest BCUT2D eigenvalue weighted by Gasteiger charge is -2.16. The Kier molecular flexibility index (Phi) is 4.02. The summed E-state index contributed by atoms with van der Waals surface area (Å²) in [7, 11) is 0. The molecular weight excluding hydrogens is 202 g/mol. The molecule has 0 aromatic carbocycles. The first-order chi connectivity index (χ1) is 5.63. The van der Waals surface area contributed by atoms with Crippen LogP contribution in [0.5, 0.6) is 0 Å². The van der Waals surface area contributed by atoms with Crippen molar-refractivity contribution in [3.05, 3.63) is 0 Å². The van der Waals surface area contributed by atoms with E-state index in [2.05, 4.69) is 4.74 Å². The highest BCUT2D eigenvalue weighted by Crippen LogP contribution is 2.24. The Labute approximate surface area is 70.7 Å². The largest absolute Gasteiger partial charge is 0.414 e. The van der Waals surface area contributed by atoms with Gasteiger partial charge >= 0.3 is 12.4 Å². The molecular formula is C6H8F6O. The maximum atomic E-state index is 11.7. The Morgan fingerprint density at radius 1 is 1.08 bits per heavy atom. The Hall–Kier alpha value is -0.460. The van der Waals surface area contributed by atoms with Gasteiger partial charge in [-0.3, -0.25) is 0 Å². The predicted molar refractivity (Wildman–Crippen MR) is 32.1 cm³/mol. The highest BCUT2D eigenvalue weighted by Gasteiger charge is 2.37. The molecule has 1 nitrogen and oxygen atoms in total. The predicted octanol–water partition coefficient (Wildman–Crippen LogP) is 2.91. The first-order valence-electron chi connectivity index (χ1n) is 3.38. The summed E-state index contributed by atoms with van der Waals surface area (Å²) in [4.78, 5) is 0. The third-order valence-electron chi connectivity index (χ3n) is 1.21. The molecule has 13 heavy (non-hydrogen) atoms. The topological polar surface area (TPSA) is 9.23 Å². The molecule has 0 spiro atoms. The van der Waals surface area contributed by atoms with Crippen LogP contribution in [0.3, 0.4) is 0 Å². The number of hydrogen-bond donors (Lipinski definition) is 0. The van der Waals surface area contributed by atoms with E-state index in [1.54, 1.807) is 0 Å². The fraction of sp³-hybridized carbons (Fsp3) is 1.00. The second kappa shape index (κ2) is 4.17. The van der Waals surface area contributed by atoms with Gasteiger partial charge in [-0.1, -0.05) is 0 Å². The SMILES string of the molecule is CC(OCCC(F)(F)F)C(F)(F)F. The highest BCUT2D eigenvalue weighted by atomic mass is 19.4. The van der Waals surface area contributed by atoms with E-state index in [1.807, 2.05) is 0 Å². The molecule has 0 heterocycles. The molecule has 0 fully saturated rings. The summed E-state index contributed by atoms with van der Waals surface area (Å²) < 4.78 is 73.2. The molecule has 80 valence electrons. The molecule has 0 aliphatic rings. The fourth-order valence-electron chi connectivity index (χ4n) is 0.446. The monoisotopic (exact) mass is 210 g/mol. The quantitative estimate of drug-likeness (QED) is 0.651. The number of halogens is 6. The highest BCUT2D eigenvalue weighted by molar-refractivity contribution is 4.61. The van der Waals surface area contributed by atoms with Crippen molar-refractivity contribution >= 4 is 0 Å². The van der Waals surface area contributed by atoms with Gasteiger partial charge in [-0.05, 0) is 6.92 Å². The minimum atomic E-state index is -4.61. The van der Waals surface area contributed by atoms with Crippen molar-refractivity contribution in [2.75, 3.05) is 6.61 Å². The molecule has 0 N–H and O–H groups in total. The third-order valence-corrected chi connectivity index (χ3v) is 1.21. The maximum Gasteiger partial charge on any atom is 0.414 e. The van der Waals surface area contributed by atoms with Crippen LogP contribution in [0, 0.1) is 0 Å². The lowest BCUT2D eigenvalue weighted by molar-refractivity contribution is -0.223. The number of ether oxygens (including phenoxy) is 1. The molecule has 1 atom stereocenters. The van der Waals surface area contributed by atoms with Gasteiger partial charge in [0.2, 0.25) is 0 Å². The standard InChI is InChI=1S/C6H8F6O/c1-4(6(10,11)12)13-3-2-5(7,8)9/h4H,2-3H2,1H3. The lowest BCUT2D eigenvalue weighted by atomic mass is 10.4. The smallest absolute Gasteiger partial charge is 0.369 e. The molecule has 0 rings (SSSR count). The lowest BCUT2D eigenvalue weighted by Crippen LogP contribution is -2.29. The van der Waals surface area contributed by atoms with Gasteiger partial charge < -0.3 is 4.74 Å². The Morgan fingerprint density at radius 3 is 1.85 bits per heavy atom. The van der Waals surface area contributed by atoms with Crippen LogP contribution in [0.15, 0.2) is 0 Å². The van der Waals surface area contributed by atoms with Crippen LogP contribution in [0.4, 0.5) is 26.3 Å². The second-order valence-corrected chi connectivity index (χ2v) is 2.42. The van der Waals surface area contributed by atoms with Crippen LogP contribution < -0.4 is 0 Å². The van der Waals surface area contributed by atoms with E-state index in [-0.39, 0.29) is 0 Å². The van der Waals surface area contributed by atoms with E-state index >= 15 is 0 Å². The average molecular weight is 210 g/mol. The minimum absolute atomic E-state index is 0.663. The van der Waals surface area contributed by atoms with Gasteiger partial charge in [-0.2, -0.15) is 26.3 Å². The Balaban J connectivity index is 3.67. The molecule has 0 aliphatic heterocycles. The van der Waals surface area contributed by atoms with Crippen molar-refractivity contribution in [2.45, 2.75) is 31.8 Å². The van der Waals surface area contributed by atoms with Gasteiger partial charge in [0.1, 0.15) is 0 Å². The maximum absolute atomic E-state index is 11.7. The van der Waals surface area contributed by atoms with E-state index in [0.29, 0.717) is 6.92 Å². The van der Waals surface area contributed by atoms with Crippen LogP contribution in [0.2, 0.25) is 0 Å². The van der Waals surface area contributed by atoms with E-state index in [1.165, 1.54) is 0 Å². The van der Waals surface area contributed by atoms with Crippen molar-refractivity contribution in [1.29, 1.82) is 0 Å². The van der Waals surface area contributed by atoms with Crippen LogP contribution in [0.1, 0.15) is 13.3 Å². The normalized spacial score (nSPS) is 15.9. The molecule has 0 aromatic rings. The van der Waals surface area contributed by atoms with Crippen molar-refractivity contribution in [3.63, 3.8) is 0 Å². The van der Waals surface area contributed by atoms with Crippen LogP contribution in [-0.4, -0.2) is 25.1 Å². The van der Waals surface area contributed by atoms with Gasteiger partial charge in [0.05, 0.1) is 13.0 Å². The van der Waals surface area contributed by atoms with E-state index < -0.39 is 31.5 Å². The molecule has 0 saturated heterocycles. The van der Waals surface area contributed by atoms with Gasteiger partial charge in [0.15, 0.2) is 6.10 Å². The van der Waals surface area contributed by atoms with Gasteiger partial charge in [-0.25, -0.2) is 0 Å². The Morgan fingerprint density at radius 2 is 1.54 bits per heavy atom. The summed E-state index contributed by atoms with van der Waals surface area (Å²) >= 11 is 0.